The summed E-state index contributed by atoms with van der Waals surface area (Å²) in [7, 11) is 1.84. The van der Waals surface area contributed by atoms with Crippen LogP contribution in [0, 0.1) is 20.8 Å². The molecule has 1 N–H and O–H groups in total. The van der Waals surface area contributed by atoms with Crippen molar-refractivity contribution in [1.29, 1.82) is 0 Å². The number of aromatic nitrogens is 6. The number of nitrogens with zero attached hydrogens (tertiary/aromatic N) is 6. The summed E-state index contributed by atoms with van der Waals surface area (Å²) in [4.78, 5) is 9.53. The Hall–Kier alpha value is -3.22. The Kier molecular flexibility index (Phi) is 3.91. The van der Waals surface area contributed by atoms with Crippen molar-refractivity contribution in [2.45, 2.75) is 27.3 Å². The normalized spacial score (nSPS) is 11.2. The first-order valence-corrected chi connectivity index (χ1v) is 8.56. The monoisotopic (exact) mass is 347 g/mol. The van der Waals surface area contributed by atoms with Gasteiger partial charge >= 0.3 is 0 Å². The molecule has 0 saturated heterocycles. The van der Waals surface area contributed by atoms with Crippen LogP contribution in [-0.4, -0.2) is 36.2 Å². The highest BCUT2D eigenvalue weighted by Gasteiger charge is 2.18. The van der Waals surface area contributed by atoms with E-state index in [4.69, 9.17) is 9.97 Å². The van der Waals surface area contributed by atoms with E-state index in [1.165, 1.54) is 5.56 Å². The number of hydrogen-bond donors (Lipinski definition) is 1. The first-order valence-electron chi connectivity index (χ1n) is 8.56. The van der Waals surface area contributed by atoms with Gasteiger partial charge in [0.2, 0.25) is 5.65 Å². The van der Waals surface area contributed by atoms with E-state index in [2.05, 4.69) is 51.3 Å². The number of rotatable bonds is 4. The quantitative estimate of drug-likeness (QED) is 0.614. The predicted octanol–water partition coefficient (Wildman–Crippen LogP) is 3.00. The summed E-state index contributed by atoms with van der Waals surface area (Å²) >= 11 is 0. The maximum atomic E-state index is 4.79. The highest BCUT2D eigenvalue weighted by molar-refractivity contribution is 5.67. The molecule has 7 heteroatoms. The van der Waals surface area contributed by atoms with Crippen LogP contribution in [0.1, 0.15) is 22.8 Å². The lowest BCUT2D eigenvalue weighted by atomic mass is 10.2. The topological polar surface area (TPSA) is 72.9 Å². The molecule has 0 spiro atoms. The molecule has 0 saturated carbocycles. The molecule has 26 heavy (non-hydrogen) atoms. The average Bonchev–Trinajstić information content (AvgIpc) is 3.17. The van der Waals surface area contributed by atoms with Crippen LogP contribution in [0.25, 0.3) is 17.2 Å². The van der Waals surface area contributed by atoms with Crippen LogP contribution in [0.2, 0.25) is 0 Å². The molecule has 3 heterocycles. The van der Waals surface area contributed by atoms with Gasteiger partial charge in [-0.05, 0) is 26.3 Å². The Morgan fingerprint density at radius 3 is 2.50 bits per heavy atom. The minimum Gasteiger partial charge on any atom is -0.370 e. The van der Waals surface area contributed by atoms with E-state index >= 15 is 0 Å². The Morgan fingerprint density at radius 1 is 1.00 bits per heavy atom. The molecule has 0 aliphatic carbocycles. The van der Waals surface area contributed by atoms with E-state index in [0.29, 0.717) is 11.5 Å². The van der Waals surface area contributed by atoms with Crippen molar-refractivity contribution in [3.8, 4) is 11.5 Å². The standard InChI is InChI=1S/C19H21N7/c1-12-13(2)25(10-15-8-6-5-7-9-15)18(21-12)16-11-26-14(3)23-24-19(26)17(20-4)22-16/h5-9,11H,10H2,1-4H3,(H,20,22). The lowest BCUT2D eigenvalue weighted by molar-refractivity contribution is 0.774. The minimum atomic E-state index is 0.688. The molecule has 132 valence electrons. The molecule has 0 radical (unpaired) electrons. The van der Waals surface area contributed by atoms with E-state index in [1.807, 2.05) is 37.6 Å². The molecular formula is C19H21N7. The zero-order valence-electron chi connectivity index (χ0n) is 15.4. The highest BCUT2D eigenvalue weighted by Crippen LogP contribution is 2.25. The summed E-state index contributed by atoms with van der Waals surface area (Å²) in [5.41, 5.74) is 4.87. The molecule has 0 aliphatic heterocycles. The number of aryl methyl sites for hydroxylation is 2. The number of anilines is 1. The van der Waals surface area contributed by atoms with Crippen LogP contribution in [0.3, 0.4) is 0 Å². The fourth-order valence-corrected chi connectivity index (χ4v) is 3.09. The number of nitrogens with one attached hydrogen (secondary N) is 1. The fourth-order valence-electron chi connectivity index (χ4n) is 3.09. The molecule has 0 atom stereocenters. The van der Waals surface area contributed by atoms with Crippen LogP contribution in [0.4, 0.5) is 5.82 Å². The van der Waals surface area contributed by atoms with Crippen LogP contribution >= 0.6 is 0 Å². The van der Waals surface area contributed by atoms with Gasteiger partial charge in [0.1, 0.15) is 11.5 Å². The van der Waals surface area contributed by atoms with E-state index in [-0.39, 0.29) is 0 Å². The van der Waals surface area contributed by atoms with Gasteiger partial charge in [0.15, 0.2) is 11.6 Å². The molecule has 7 nitrogen and oxygen atoms in total. The molecule has 0 unspecified atom stereocenters. The van der Waals surface area contributed by atoms with Gasteiger partial charge in [-0.3, -0.25) is 4.40 Å². The van der Waals surface area contributed by atoms with Gasteiger partial charge in [0.05, 0.1) is 5.69 Å². The maximum absolute atomic E-state index is 4.79. The van der Waals surface area contributed by atoms with Crippen molar-refractivity contribution in [3.05, 3.63) is 59.3 Å². The lowest BCUT2D eigenvalue weighted by Gasteiger charge is -2.12. The number of hydrogen-bond acceptors (Lipinski definition) is 5. The zero-order valence-corrected chi connectivity index (χ0v) is 15.4. The van der Waals surface area contributed by atoms with E-state index in [9.17, 15) is 0 Å². The summed E-state index contributed by atoms with van der Waals surface area (Å²) in [5.74, 6) is 2.35. The Balaban J connectivity index is 1.89. The van der Waals surface area contributed by atoms with E-state index < -0.39 is 0 Å². The Bertz CT molecular complexity index is 1080. The van der Waals surface area contributed by atoms with Crippen LogP contribution in [0.15, 0.2) is 36.5 Å². The minimum absolute atomic E-state index is 0.688. The first-order chi connectivity index (χ1) is 12.6. The molecular weight excluding hydrogens is 326 g/mol. The summed E-state index contributed by atoms with van der Waals surface area (Å²) in [6.45, 7) is 6.80. The number of imidazole rings is 1. The Morgan fingerprint density at radius 2 is 1.77 bits per heavy atom. The first kappa shape index (κ1) is 16.3. The molecule has 0 aliphatic rings. The lowest BCUT2D eigenvalue weighted by Crippen LogP contribution is -2.07. The maximum Gasteiger partial charge on any atom is 0.203 e. The smallest absolute Gasteiger partial charge is 0.203 e. The van der Waals surface area contributed by atoms with Crippen molar-refractivity contribution in [2.75, 3.05) is 12.4 Å². The second-order valence-corrected chi connectivity index (χ2v) is 6.34. The fraction of sp³-hybridized carbons (Fsp3) is 0.263. The van der Waals surface area contributed by atoms with Gasteiger partial charge in [-0.1, -0.05) is 30.3 Å². The Labute approximate surface area is 151 Å². The van der Waals surface area contributed by atoms with Crippen LogP contribution in [0.5, 0.6) is 0 Å². The van der Waals surface area contributed by atoms with Gasteiger partial charge in [0, 0.05) is 25.5 Å². The van der Waals surface area contributed by atoms with Crippen molar-refractivity contribution in [2.24, 2.45) is 0 Å². The zero-order chi connectivity index (χ0) is 18.3. The summed E-state index contributed by atoms with van der Waals surface area (Å²) in [6.07, 6.45) is 1.95. The number of benzene rings is 1. The second kappa shape index (κ2) is 6.25. The van der Waals surface area contributed by atoms with Crippen molar-refractivity contribution < 1.29 is 0 Å². The third-order valence-corrected chi connectivity index (χ3v) is 4.67. The van der Waals surface area contributed by atoms with Gasteiger partial charge in [-0.25, -0.2) is 9.97 Å². The second-order valence-electron chi connectivity index (χ2n) is 6.34. The average molecular weight is 347 g/mol. The third kappa shape index (κ3) is 2.61. The molecule has 4 aromatic rings. The summed E-state index contributed by atoms with van der Waals surface area (Å²) in [5, 5.41) is 11.5. The molecule has 0 fully saturated rings. The van der Waals surface area contributed by atoms with E-state index in [1.54, 1.807) is 0 Å². The van der Waals surface area contributed by atoms with Crippen molar-refractivity contribution in [1.82, 2.24) is 29.1 Å². The predicted molar refractivity (Wildman–Crippen MR) is 101 cm³/mol. The number of fused-ring (bicyclic) bond motifs is 1. The van der Waals surface area contributed by atoms with Gasteiger partial charge in [-0.2, -0.15) is 0 Å². The van der Waals surface area contributed by atoms with Crippen molar-refractivity contribution >= 4 is 11.5 Å². The molecule has 0 amide bonds. The summed E-state index contributed by atoms with van der Waals surface area (Å²) in [6, 6.07) is 10.4. The van der Waals surface area contributed by atoms with E-state index in [0.717, 1.165) is 35.3 Å². The molecule has 4 rings (SSSR count). The molecule has 3 aromatic heterocycles. The SMILES string of the molecule is CNc1nc(-c2nc(C)c(C)n2Cc2ccccc2)cn2c(C)nnc12. The van der Waals surface area contributed by atoms with Gasteiger partial charge in [0.25, 0.3) is 0 Å². The van der Waals surface area contributed by atoms with Gasteiger partial charge in [-0.15, -0.1) is 10.2 Å². The molecule has 1 aromatic carbocycles. The molecule has 0 bridgehead atoms. The third-order valence-electron chi connectivity index (χ3n) is 4.67. The van der Waals surface area contributed by atoms with Gasteiger partial charge < -0.3 is 9.88 Å². The highest BCUT2D eigenvalue weighted by atomic mass is 15.3. The van der Waals surface area contributed by atoms with Crippen molar-refractivity contribution in [3.63, 3.8) is 0 Å². The summed E-state index contributed by atoms with van der Waals surface area (Å²) < 4.78 is 4.15. The largest absolute Gasteiger partial charge is 0.370 e. The van der Waals surface area contributed by atoms with Crippen LogP contribution < -0.4 is 5.32 Å². The van der Waals surface area contributed by atoms with Crippen LogP contribution in [-0.2, 0) is 6.54 Å².